The molecule has 1 aliphatic carbocycles. The number of Topliss-reactive ketones (excluding diaryl/α,β-unsaturated/α-hetero) is 1. The number of hydrogen-bond donors (Lipinski definition) is 0. The summed E-state index contributed by atoms with van der Waals surface area (Å²) in [5.74, 6) is 0.914. The number of nitrogens with zero attached hydrogens (tertiary/aromatic N) is 1. The molecule has 0 radical (unpaired) electrons. The summed E-state index contributed by atoms with van der Waals surface area (Å²) in [6, 6.07) is 9.72. The van der Waals surface area contributed by atoms with Gasteiger partial charge >= 0.3 is 0 Å². The highest BCUT2D eigenvalue weighted by Gasteiger charge is 2.45. The Kier molecular flexibility index (Phi) is 2.66. The van der Waals surface area contributed by atoms with Gasteiger partial charge in [0, 0.05) is 12.8 Å². The molecule has 0 heterocycles. The van der Waals surface area contributed by atoms with Gasteiger partial charge < -0.3 is 4.74 Å². The second-order valence-electron chi connectivity index (χ2n) is 4.05. The third-order valence-corrected chi connectivity index (χ3v) is 2.91. The van der Waals surface area contributed by atoms with Crippen molar-refractivity contribution >= 4 is 5.78 Å². The normalized spacial score (nSPS) is 17.4. The maximum absolute atomic E-state index is 11.1. The Morgan fingerprint density at radius 1 is 1.50 bits per heavy atom. The van der Waals surface area contributed by atoms with Crippen LogP contribution in [0.15, 0.2) is 24.3 Å². The second-order valence-corrected chi connectivity index (χ2v) is 4.05. The van der Waals surface area contributed by atoms with E-state index < -0.39 is 5.41 Å². The Morgan fingerprint density at radius 3 is 2.81 bits per heavy atom. The SMILES string of the molecule is CCOc1cccc(C2(C#N)CC(=O)C2)c1. The summed E-state index contributed by atoms with van der Waals surface area (Å²) in [6.07, 6.45) is 0.665. The van der Waals surface area contributed by atoms with Gasteiger partial charge in [-0.2, -0.15) is 5.26 Å². The van der Waals surface area contributed by atoms with Gasteiger partial charge in [0.25, 0.3) is 0 Å². The lowest BCUT2D eigenvalue weighted by molar-refractivity contribution is -0.126. The van der Waals surface area contributed by atoms with Crippen LogP contribution in [-0.2, 0) is 10.2 Å². The van der Waals surface area contributed by atoms with Crippen LogP contribution in [0.2, 0.25) is 0 Å². The molecule has 0 saturated heterocycles. The minimum atomic E-state index is -0.607. The van der Waals surface area contributed by atoms with E-state index in [1.165, 1.54) is 0 Å². The average Bonchev–Trinajstić information content (AvgIpc) is 2.25. The smallest absolute Gasteiger partial charge is 0.136 e. The van der Waals surface area contributed by atoms with Gasteiger partial charge in [0.2, 0.25) is 0 Å². The minimum absolute atomic E-state index is 0.156. The van der Waals surface area contributed by atoms with E-state index in [1.54, 1.807) is 0 Å². The van der Waals surface area contributed by atoms with Crippen molar-refractivity contribution in [2.24, 2.45) is 0 Å². The Balaban J connectivity index is 2.30. The minimum Gasteiger partial charge on any atom is -0.494 e. The number of carbonyl (C=O) groups is 1. The number of ether oxygens (including phenoxy) is 1. The van der Waals surface area contributed by atoms with Crippen molar-refractivity contribution in [2.45, 2.75) is 25.2 Å². The number of hydrogen-bond acceptors (Lipinski definition) is 3. The maximum Gasteiger partial charge on any atom is 0.136 e. The number of ketones is 1. The quantitative estimate of drug-likeness (QED) is 0.776. The van der Waals surface area contributed by atoms with E-state index in [4.69, 9.17) is 4.74 Å². The van der Waals surface area contributed by atoms with Crippen LogP contribution < -0.4 is 4.74 Å². The summed E-state index contributed by atoms with van der Waals surface area (Å²) in [6.45, 7) is 2.52. The van der Waals surface area contributed by atoms with Gasteiger partial charge in [-0.3, -0.25) is 4.79 Å². The second kappa shape index (κ2) is 3.97. The standard InChI is InChI=1S/C13H13NO2/c1-2-16-12-5-3-4-10(6-12)13(9-14)7-11(15)8-13/h3-6H,2,7-8H2,1H3. The molecule has 1 aromatic rings. The lowest BCUT2D eigenvalue weighted by Crippen LogP contribution is -2.40. The van der Waals surface area contributed by atoms with Gasteiger partial charge in [0.1, 0.15) is 11.5 Å². The molecule has 0 spiro atoms. The number of nitriles is 1. The molecule has 0 aromatic heterocycles. The molecule has 0 amide bonds. The Bertz CT molecular complexity index is 451. The molecule has 0 atom stereocenters. The number of carbonyl (C=O) groups excluding carboxylic acids is 1. The molecule has 1 saturated carbocycles. The van der Waals surface area contributed by atoms with Crippen LogP contribution in [0.25, 0.3) is 0 Å². The van der Waals surface area contributed by atoms with E-state index >= 15 is 0 Å². The third-order valence-electron chi connectivity index (χ3n) is 2.91. The van der Waals surface area contributed by atoms with E-state index in [0.717, 1.165) is 11.3 Å². The molecule has 2 rings (SSSR count). The van der Waals surface area contributed by atoms with Gasteiger partial charge in [0.15, 0.2) is 0 Å². The lowest BCUT2D eigenvalue weighted by atomic mass is 9.65. The first-order chi connectivity index (χ1) is 7.70. The zero-order chi connectivity index (χ0) is 11.6. The van der Waals surface area contributed by atoms with Crippen molar-refractivity contribution < 1.29 is 9.53 Å². The summed E-state index contributed by atoms with van der Waals surface area (Å²) in [5.41, 5.74) is 0.282. The molecule has 82 valence electrons. The molecule has 1 aromatic carbocycles. The van der Waals surface area contributed by atoms with E-state index in [9.17, 15) is 10.1 Å². The predicted octanol–water partition coefficient (Wildman–Crippen LogP) is 2.21. The van der Waals surface area contributed by atoms with Crippen LogP contribution in [-0.4, -0.2) is 12.4 Å². The van der Waals surface area contributed by atoms with Gasteiger partial charge in [-0.25, -0.2) is 0 Å². The van der Waals surface area contributed by atoms with Crippen LogP contribution in [0.3, 0.4) is 0 Å². The van der Waals surface area contributed by atoms with E-state index in [0.29, 0.717) is 19.4 Å². The van der Waals surface area contributed by atoms with Gasteiger partial charge in [0.05, 0.1) is 18.1 Å². The first-order valence-electron chi connectivity index (χ1n) is 5.36. The first-order valence-corrected chi connectivity index (χ1v) is 5.36. The van der Waals surface area contributed by atoms with Crippen LogP contribution in [0, 0.1) is 11.3 Å². The van der Waals surface area contributed by atoms with E-state index in [2.05, 4.69) is 6.07 Å². The molecular weight excluding hydrogens is 202 g/mol. The highest BCUT2D eigenvalue weighted by Crippen LogP contribution is 2.41. The molecule has 0 aliphatic heterocycles. The lowest BCUT2D eigenvalue weighted by Gasteiger charge is -2.34. The molecule has 0 unspecified atom stereocenters. The molecule has 1 fully saturated rings. The molecule has 16 heavy (non-hydrogen) atoms. The first kappa shape index (κ1) is 10.7. The molecule has 1 aliphatic rings. The maximum atomic E-state index is 11.1. The highest BCUT2D eigenvalue weighted by atomic mass is 16.5. The fourth-order valence-corrected chi connectivity index (χ4v) is 2.02. The fraction of sp³-hybridized carbons (Fsp3) is 0.385. The topological polar surface area (TPSA) is 50.1 Å². The van der Waals surface area contributed by atoms with E-state index in [1.807, 2.05) is 31.2 Å². The van der Waals surface area contributed by atoms with Crippen molar-refractivity contribution in [3.8, 4) is 11.8 Å². The largest absolute Gasteiger partial charge is 0.494 e. The van der Waals surface area contributed by atoms with Crippen LogP contribution >= 0.6 is 0 Å². The molecule has 0 N–H and O–H groups in total. The van der Waals surface area contributed by atoms with E-state index in [-0.39, 0.29) is 5.78 Å². The molecule has 3 nitrogen and oxygen atoms in total. The molecule has 3 heteroatoms. The van der Waals surface area contributed by atoms with Crippen LogP contribution in [0.1, 0.15) is 25.3 Å². The average molecular weight is 215 g/mol. The Hall–Kier alpha value is -1.82. The van der Waals surface area contributed by atoms with Crippen molar-refractivity contribution in [2.75, 3.05) is 6.61 Å². The molecule has 0 bridgehead atoms. The van der Waals surface area contributed by atoms with Crippen molar-refractivity contribution in [3.05, 3.63) is 29.8 Å². The Labute approximate surface area is 94.6 Å². The highest BCUT2D eigenvalue weighted by molar-refractivity contribution is 5.90. The predicted molar refractivity (Wildman–Crippen MR) is 59.1 cm³/mol. The van der Waals surface area contributed by atoms with Crippen LogP contribution in [0.5, 0.6) is 5.75 Å². The summed E-state index contributed by atoms with van der Waals surface area (Å²) < 4.78 is 5.39. The number of rotatable bonds is 3. The monoisotopic (exact) mass is 215 g/mol. The summed E-state index contributed by atoms with van der Waals surface area (Å²) in [4.78, 5) is 11.1. The number of benzene rings is 1. The van der Waals surface area contributed by atoms with Crippen molar-refractivity contribution in [1.29, 1.82) is 5.26 Å². The molecular formula is C13H13NO2. The fourth-order valence-electron chi connectivity index (χ4n) is 2.02. The summed E-state index contributed by atoms with van der Waals surface area (Å²) in [5, 5.41) is 9.19. The van der Waals surface area contributed by atoms with Crippen molar-refractivity contribution in [3.63, 3.8) is 0 Å². The third kappa shape index (κ3) is 1.67. The zero-order valence-electron chi connectivity index (χ0n) is 9.19. The van der Waals surface area contributed by atoms with Crippen LogP contribution in [0.4, 0.5) is 0 Å². The summed E-state index contributed by atoms with van der Waals surface area (Å²) >= 11 is 0. The van der Waals surface area contributed by atoms with Crippen molar-refractivity contribution in [1.82, 2.24) is 0 Å². The van der Waals surface area contributed by atoms with Gasteiger partial charge in [-0.15, -0.1) is 0 Å². The zero-order valence-corrected chi connectivity index (χ0v) is 9.19. The Morgan fingerprint density at radius 2 is 2.25 bits per heavy atom. The van der Waals surface area contributed by atoms with Gasteiger partial charge in [-0.1, -0.05) is 12.1 Å². The van der Waals surface area contributed by atoms with Gasteiger partial charge in [-0.05, 0) is 24.6 Å². The summed E-state index contributed by atoms with van der Waals surface area (Å²) in [7, 11) is 0.